The van der Waals surface area contributed by atoms with Gasteiger partial charge in [-0.15, -0.1) is 0 Å². The highest BCUT2D eigenvalue weighted by Crippen LogP contribution is 2.24. The number of unbranched alkanes of at least 4 members (excludes halogenated alkanes) is 21. The standard InChI is InChI=1S/C44H80O12S/c1-3-5-7-9-11-13-15-17-19-21-23-25-27-29-31-33-40(46)55-37(35-54-44-43(49)42(48)41(47)38(56-44)36-57(50,51)52)34-53-39(45)32-30-28-26-24-22-20-18-16-14-12-10-8-6-4-2/h10,12,16,18,37-38,41-44,47-49H,3-9,11,13-15,17,19-36H2,1-2H3,(H,50,51,52)/b12-10+,18-16+/t37-,38-,41-,42?,43?,44+/m1/s1. The molecular weight excluding hydrogens is 753 g/mol. The fraction of sp³-hybridized carbons (Fsp3) is 0.864. The van der Waals surface area contributed by atoms with E-state index in [0.29, 0.717) is 12.8 Å². The van der Waals surface area contributed by atoms with Crippen molar-refractivity contribution in [1.82, 2.24) is 0 Å². The first-order chi connectivity index (χ1) is 27.5. The molecule has 0 saturated carbocycles. The predicted octanol–water partition coefficient (Wildman–Crippen LogP) is 8.84. The first-order valence-electron chi connectivity index (χ1n) is 22.4. The predicted molar refractivity (Wildman–Crippen MR) is 224 cm³/mol. The third-order valence-electron chi connectivity index (χ3n) is 10.3. The summed E-state index contributed by atoms with van der Waals surface area (Å²) in [6, 6.07) is 0. The number of hydrogen-bond donors (Lipinski definition) is 4. The molecule has 0 aromatic heterocycles. The molecule has 1 saturated heterocycles. The lowest BCUT2D eigenvalue weighted by Crippen LogP contribution is -2.60. The van der Waals surface area contributed by atoms with Crippen LogP contribution in [0.4, 0.5) is 0 Å². The summed E-state index contributed by atoms with van der Waals surface area (Å²) in [5, 5.41) is 30.8. The molecule has 1 fully saturated rings. The van der Waals surface area contributed by atoms with E-state index in [1.54, 1.807) is 0 Å². The van der Waals surface area contributed by atoms with Gasteiger partial charge in [-0.25, -0.2) is 0 Å². The zero-order valence-corrected chi connectivity index (χ0v) is 36.3. The molecule has 57 heavy (non-hydrogen) atoms. The fourth-order valence-corrected chi connectivity index (χ4v) is 7.44. The van der Waals surface area contributed by atoms with E-state index in [0.717, 1.165) is 64.2 Å². The first-order valence-corrected chi connectivity index (χ1v) is 24.0. The second-order valence-electron chi connectivity index (χ2n) is 15.7. The highest BCUT2D eigenvalue weighted by molar-refractivity contribution is 7.85. The number of rotatable bonds is 37. The summed E-state index contributed by atoms with van der Waals surface area (Å²) < 4.78 is 54.0. The lowest BCUT2D eigenvalue weighted by molar-refractivity contribution is -0.297. The largest absolute Gasteiger partial charge is 0.462 e. The maximum absolute atomic E-state index is 12.8. The van der Waals surface area contributed by atoms with Gasteiger partial charge in [-0.05, 0) is 38.5 Å². The van der Waals surface area contributed by atoms with Crippen molar-refractivity contribution in [2.45, 2.75) is 224 Å². The summed E-state index contributed by atoms with van der Waals surface area (Å²) >= 11 is 0. The molecular formula is C44H80O12S. The van der Waals surface area contributed by atoms with E-state index < -0.39 is 71.2 Å². The lowest BCUT2D eigenvalue weighted by atomic mass is 10.00. The minimum Gasteiger partial charge on any atom is -0.462 e. The van der Waals surface area contributed by atoms with Gasteiger partial charge < -0.3 is 34.3 Å². The molecule has 2 unspecified atom stereocenters. The third kappa shape index (κ3) is 29.9. The molecule has 334 valence electrons. The molecule has 0 aliphatic carbocycles. The average molecular weight is 833 g/mol. The summed E-state index contributed by atoms with van der Waals surface area (Å²) in [6.07, 6.45) is 27.9. The second-order valence-corrected chi connectivity index (χ2v) is 17.2. The van der Waals surface area contributed by atoms with Gasteiger partial charge in [0.25, 0.3) is 10.1 Å². The van der Waals surface area contributed by atoms with Crippen molar-refractivity contribution in [2.75, 3.05) is 19.0 Å². The molecule has 0 radical (unpaired) electrons. The van der Waals surface area contributed by atoms with E-state index in [1.165, 1.54) is 83.5 Å². The van der Waals surface area contributed by atoms with E-state index in [1.807, 2.05) is 0 Å². The zero-order chi connectivity index (χ0) is 42.0. The van der Waals surface area contributed by atoms with Gasteiger partial charge in [0, 0.05) is 12.8 Å². The van der Waals surface area contributed by atoms with Gasteiger partial charge in [-0.3, -0.25) is 14.1 Å². The molecule has 1 aliphatic heterocycles. The Labute approximate surface area is 345 Å². The maximum atomic E-state index is 12.8. The molecule has 0 spiro atoms. The van der Waals surface area contributed by atoms with Crippen molar-refractivity contribution >= 4 is 22.1 Å². The average Bonchev–Trinajstić information content (AvgIpc) is 3.17. The van der Waals surface area contributed by atoms with Crippen molar-refractivity contribution in [3.05, 3.63) is 24.3 Å². The van der Waals surface area contributed by atoms with Crippen LogP contribution in [0.25, 0.3) is 0 Å². The molecule has 0 amide bonds. The van der Waals surface area contributed by atoms with Gasteiger partial charge in [0.2, 0.25) is 0 Å². The lowest BCUT2D eigenvalue weighted by Gasteiger charge is -2.40. The van der Waals surface area contributed by atoms with Gasteiger partial charge in [0.05, 0.1) is 6.61 Å². The number of allylic oxidation sites excluding steroid dienone is 4. The van der Waals surface area contributed by atoms with Crippen molar-refractivity contribution < 1.29 is 56.8 Å². The Morgan fingerprint density at radius 2 is 1.07 bits per heavy atom. The number of carbonyl (C=O) groups excluding carboxylic acids is 2. The van der Waals surface area contributed by atoms with Gasteiger partial charge in [-0.2, -0.15) is 8.42 Å². The van der Waals surface area contributed by atoms with Crippen molar-refractivity contribution in [3.8, 4) is 0 Å². The number of esters is 2. The quantitative estimate of drug-likeness (QED) is 0.0202. The van der Waals surface area contributed by atoms with Crippen molar-refractivity contribution in [3.63, 3.8) is 0 Å². The van der Waals surface area contributed by atoms with Crippen LogP contribution in [0.2, 0.25) is 0 Å². The molecule has 0 aromatic rings. The zero-order valence-electron chi connectivity index (χ0n) is 35.4. The maximum Gasteiger partial charge on any atom is 0.306 e. The summed E-state index contributed by atoms with van der Waals surface area (Å²) in [5.74, 6) is -1.99. The number of hydrogen-bond acceptors (Lipinski definition) is 11. The fourth-order valence-electron chi connectivity index (χ4n) is 6.75. The van der Waals surface area contributed by atoms with Crippen LogP contribution < -0.4 is 0 Å². The summed E-state index contributed by atoms with van der Waals surface area (Å²) in [7, 11) is -4.60. The van der Waals surface area contributed by atoms with Crippen LogP contribution in [-0.2, 0) is 38.7 Å². The number of carbonyl (C=O) groups is 2. The Hall–Kier alpha value is -1.87. The SMILES string of the molecule is CCCC/C=C/C/C=C/CCCCCCCC(=O)OC[C@H](CO[C@H]1O[C@H](CS(=O)(=O)O)[C@@H](O)C(O)C1O)OC(=O)CCCCCCCCCCCCCCCCC. The molecule has 1 aliphatic rings. The van der Waals surface area contributed by atoms with Gasteiger partial charge in [0.15, 0.2) is 12.4 Å². The van der Waals surface area contributed by atoms with E-state index >= 15 is 0 Å². The smallest absolute Gasteiger partial charge is 0.306 e. The Balaban J connectivity index is 2.46. The minimum atomic E-state index is -4.60. The molecule has 4 N–H and O–H groups in total. The van der Waals surface area contributed by atoms with Crippen LogP contribution in [0, 0.1) is 0 Å². The van der Waals surface area contributed by atoms with E-state index in [4.69, 9.17) is 18.9 Å². The number of ether oxygens (including phenoxy) is 4. The van der Waals surface area contributed by atoms with E-state index in [2.05, 4.69) is 38.2 Å². The van der Waals surface area contributed by atoms with Crippen LogP contribution in [0.15, 0.2) is 24.3 Å². The topological polar surface area (TPSA) is 186 Å². The molecule has 13 heteroatoms. The van der Waals surface area contributed by atoms with Crippen LogP contribution in [0.1, 0.15) is 187 Å². The normalized spacial score (nSPS) is 20.7. The Morgan fingerprint density at radius 3 is 1.60 bits per heavy atom. The van der Waals surface area contributed by atoms with Gasteiger partial charge >= 0.3 is 11.9 Å². The third-order valence-corrected chi connectivity index (χ3v) is 11.0. The molecule has 0 bridgehead atoms. The van der Waals surface area contributed by atoms with E-state index in [9.17, 15) is 37.9 Å². The highest BCUT2D eigenvalue weighted by Gasteiger charge is 2.46. The monoisotopic (exact) mass is 833 g/mol. The Kier molecular flexibility index (Phi) is 32.6. The van der Waals surface area contributed by atoms with Crippen LogP contribution >= 0.6 is 0 Å². The number of aliphatic hydroxyl groups is 3. The first kappa shape index (κ1) is 53.1. The molecule has 1 heterocycles. The molecule has 6 atom stereocenters. The summed E-state index contributed by atoms with van der Waals surface area (Å²) in [5.41, 5.74) is 0. The Bertz CT molecular complexity index is 1160. The molecule has 12 nitrogen and oxygen atoms in total. The van der Waals surface area contributed by atoms with Crippen LogP contribution in [0.5, 0.6) is 0 Å². The summed E-state index contributed by atoms with van der Waals surface area (Å²) in [4.78, 5) is 25.4. The van der Waals surface area contributed by atoms with Crippen molar-refractivity contribution in [2.24, 2.45) is 0 Å². The summed E-state index contributed by atoms with van der Waals surface area (Å²) in [6.45, 7) is 3.71. The minimum absolute atomic E-state index is 0.165. The number of aliphatic hydroxyl groups excluding tert-OH is 3. The molecule has 0 aromatic carbocycles. The highest BCUT2D eigenvalue weighted by atomic mass is 32.2. The van der Waals surface area contributed by atoms with Crippen LogP contribution in [0.3, 0.4) is 0 Å². The van der Waals surface area contributed by atoms with Gasteiger partial charge in [0.1, 0.15) is 36.8 Å². The van der Waals surface area contributed by atoms with E-state index in [-0.39, 0.29) is 19.4 Å². The second kappa shape index (κ2) is 34.9. The molecule has 1 rings (SSSR count). The Morgan fingerprint density at radius 1 is 0.596 bits per heavy atom. The van der Waals surface area contributed by atoms with Crippen LogP contribution in [-0.4, -0.2) is 96.0 Å². The van der Waals surface area contributed by atoms with Crippen molar-refractivity contribution in [1.29, 1.82) is 0 Å². The van der Waals surface area contributed by atoms with Gasteiger partial charge in [-0.1, -0.05) is 160 Å².